The van der Waals surface area contributed by atoms with Crippen LogP contribution in [0.1, 0.15) is 71.6 Å². The topological polar surface area (TPSA) is 18.5 Å². The first-order valence-electron chi connectivity index (χ1n) is 14.0. The largest absolute Gasteiger partial charge is 0.414 e. The van der Waals surface area contributed by atoms with Crippen LogP contribution in [-0.4, -0.2) is 28.8 Å². The Kier molecular flexibility index (Phi) is 7.36. The molecule has 0 unspecified atom stereocenters. The summed E-state index contributed by atoms with van der Waals surface area (Å²) in [6.07, 6.45) is 17.5. The number of rotatable bonds is 8. The molecule has 0 amide bonds. The van der Waals surface area contributed by atoms with Crippen LogP contribution in [0, 0.1) is 34.5 Å². The molecule has 0 heterocycles. The molecule has 4 saturated carbocycles. The van der Waals surface area contributed by atoms with Gasteiger partial charge in [0.2, 0.25) is 0 Å². The van der Waals surface area contributed by atoms with Crippen molar-refractivity contribution in [2.45, 2.75) is 122 Å². The maximum absolute atomic E-state index is 6.95. The fraction of sp³-hybridized carbons (Fsp3) is 0.862. The molecule has 4 fully saturated rings. The Morgan fingerprint density at radius 3 is 2.03 bits per heavy atom. The average Bonchev–Trinajstić information content (AvgIpc) is 3.03. The highest BCUT2D eigenvalue weighted by molar-refractivity contribution is 6.72. The van der Waals surface area contributed by atoms with Gasteiger partial charge in [-0.05, 0) is 131 Å². The van der Waals surface area contributed by atoms with E-state index in [4.69, 9.17) is 8.85 Å². The van der Waals surface area contributed by atoms with Crippen molar-refractivity contribution in [3.63, 3.8) is 0 Å². The zero-order valence-electron chi connectivity index (χ0n) is 22.6. The maximum Gasteiger partial charge on any atom is 0.190 e. The van der Waals surface area contributed by atoms with Gasteiger partial charge >= 0.3 is 0 Å². The molecule has 0 bridgehead atoms. The summed E-state index contributed by atoms with van der Waals surface area (Å²) >= 11 is 0. The van der Waals surface area contributed by atoms with Gasteiger partial charge in [-0.1, -0.05) is 26.0 Å². The van der Waals surface area contributed by atoms with Gasteiger partial charge in [0.1, 0.15) is 0 Å². The van der Waals surface area contributed by atoms with Crippen LogP contribution < -0.4 is 0 Å². The van der Waals surface area contributed by atoms with Crippen molar-refractivity contribution in [1.82, 2.24) is 0 Å². The molecule has 0 radical (unpaired) electrons. The van der Waals surface area contributed by atoms with Crippen LogP contribution in [0.3, 0.4) is 0 Å². The lowest BCUT2D eigenvalue weighted by atomic mass is 9.45. The predicted molar refractivity (Wildman–Crippen MR) is 146 cm³/mol. The fourth-order valence-corrected chi connectivity index (χ4v) is 13.0. The molecule has 188 valence electrons. The summed E-state index contributed by atoms with van der Waals surface area (Å²) in [5.41, 5.74) is 0.931. The Balaban J connectivity index is 1.45. The summed E-state index contributed by atoms with van der Waals surface area (Å²) in [7, 11) is -3.25. The van der Waals surface area contributed by atoms with Crippen LogP contribution in [0.25, 0.3) is 0 Å². The molecule has 4 aliphatic carbocycles. The molecule has 0 aromatic heterocycles. The molecule has 0 N–H and O–H groups in total. The van der Waals surface area contributed by atoms with Crippen molar-refractivity contribution in [1.29, 1.82) is 0 Å². The Bertz CT molecular complexity index is 733. The summed E-state index contributed by atoms with van der Waals surface area (Å²) in [6.45, 7) is 22.8. The molecular weight excluding hydrogens is 436 g/mol. The molecule has 33 heavy (non-hydrogen) atoms. The minimum Gasteiger partial charge on any atom is -0.414 e. The van der Waals surface area contributed by atoms with Crippen molar-refractivity contribution in [3.05, 3.63) is 25.3 Å². The van der Waals surface area contributed by atoms with Gasteiger partial charge in [-0.2, -0.15) is 0 Å². The second-order valence-corrected chi connectivity index (χ2v) is 22.2. The molecule has 0 aliphatic heterocycles. The van der Waals surface area contributed by atoms with Gasteiger partial charge in [0.15, 0.2) is 16.6 Å². The van der Waals surface area contributed by atoms with Gasteiger partial charge < -0.3 is 8.85 Å². The second-order valence-electron chi connectivity index (χ2n) is 13.9. The third kappa shape index (κ3) is 4.93. The van der Waals surface area contributed by atoms with Gasteiger partial charge in [0.05, 0.1) is 6.10 Å². The van der Waals surface area contributed by atoms with Gasteiger partial charge in [-0.15, -0.1) is 13.2 Å². The first-order chi connectivity index (χ1) is 15.4. The van der Waals surface area contributed by atoms with Crippen LogP contribution >= 0.6 is 0 Å². The number of fused-ring (bicyclic) bond motifs is 5. The Labute approximate surface area is 207 Å². The number of hydrogen-bond donors (Lipinski definition) is 0. The maximum atomic E-state index is 6.95. The smallest absolute Gasteiger partial charge is 0.190 e. The summed E-state index contributed by atoms with van der Waals surface area (Å²) in [5, 5.41) is 0. The molecular formula is C29H52O2Si2. The van der Waals surface area contributed by atoms with Gasteiger partial charge in [-0.3, -0.25) is 0 Å². The van der Waals surface area contributed by atoms with Gasteiger partial charge in [-0.25, -0.2) is 0 Å². The lowest BCUT2D eigenvalue weighted by molar-refractivity contribution is -0.130. The molecule has 0 aromatic rings. The van der Waals surface area contributed by atoms with Crippen LogP contribution in [0.4, 0.5) is 0 Å². The van der Waals surface area contributed by atoms with Crippen LogP contribution in [0.5, 0.6) is 0 Å². The highest BCUT2D eigenvalue weighted by Gasteiger charge is 2.61. The third-order valence-electron chi connectivity index (χ3n) is 10.7. The van der Waals surface area contributed by atoms with E-state index in [2.05, 4.69) is 65.3 Å². The lowest BCUT2D eigenvalue weighted by Gasteiger charge is -2.61. The van der Waals surface area contributed by atoms with E-state index in [9.17, 15) is 0 Å². The molecule has 4 heteroatoms. The van der Waals surface area contributed by atoms with Crippen molar-refractivity contribution >= 4 is 16.6 Å². The standard InChI is InChI=1S/C29H52O2Si2/c1-9-19-32(5,6)30-23-15-17-28(3)22(21-23)11-12-24-25-13-14-27(31-33(7,8)20-10-2)29(25,4)18-16-26(24)28/h9-10,22-27H,1-2,11-21H2,3-8H3/t22-,23-,24+,25+,26+,27+,28+,29+/m1/s1. The monoisotopic (exact) mass is 488 g/mol. The predicted octanol–water partition coefficient (Wildman–Crippen LogP) is 8.58. The molecule has 4 aliphatic rings. The van der Waals surface area contributed by atoms with E-state index in [1.54, 1.807) is 0 Å². The van der Waals surface area contributed by atoms with E-state index in [0.717, 1.165) is 35.8 Å². The summed E-state index contributed by atoms with van der Waals surface area (Å²) in [4.78, 5) is 0. The third-order valence-corrected chi connectivity index (χ3v) is 15.2. The summed E-state index contributed by atoms with van der Waals surface area (Å²) in [5.74, 6) is 3.58. The van der Waals surface area contributed by atoms with E-state index in [1.165, 1.54) is 57.8 Å². The Morgan fingerprint density at radius 2 is 1.36 bits per heavy atom. The summed E-state index contributed by atoms with van der Waals surface area (Å²) < 4.78 is 13.7. The first-order valence-corrected chi connectivity index (χ1v) is 20.2. The van der Waals surface area contributed by atoms with Crippen molar-refractivity contribution in [3.8, 4) is 0 Å². The van der Waals surface area contributed by atoms with E-state index in [1.807, 2.05) is 0 Å². The van der Waals surface area contributed by atoms with Crippen molar-refractivity contribution in [2.24, 2.45) is 34.5 Å². The summed E-state index contributed by atoms with van der Waals surface area (Å²) in [6, 6.07) is 2.15. The van der Waals surface area contributed by atoms with Gasteiger partial charge in [0, 0.05) is 6.10 Å². The van der Waals surface area contributed by atoms with E-state index in [-0.39, 0.29) is 0 Å². The van der Waals surface area contributed by atoms with E-state index in [0.29, 0.717) is 23.0 Å². The quantitative estimate of drug-likeness (QED) is 0.251. The SMILES string of the molecule is C=CC[Si](C)(C)O[C@@H]1CC[C@@]2(C)[C@H](CC[C@@H]3[C@@H]2CC[C@]2(C)[C@@H](O[Si](C)(C)CC=C)CC[C@@H]32)C1. The van der Waals surface area contributed by atoms with E-state index >= 15 is 0 Å². The molecule has 4 rings (SSSR count). The van der Waals surface area contributed by atoms with Crippen LogP contribution in [0.15, 0.2) is 25.3 Å². The highest BCUT2D eigenvalue weighted by Crippen LogP contribution is 2.67. The van der Waals surface area contributed by atoms with Crippen molar-refractivity contribution in [2.75, 3.05) is 0 Å². The number of allylic oxidation sites excluding steroid dienone is 2. The minimum atomic E-state index is -1.65. The molecule has 0 spiro atoms. The molecule has 0 aromatic carbocycles. The Morgan fingerprint density at radius 1 is 0.758 bits per heavy atom. The first kappa shape index (κ1) is 25.9. The highest BCUT2D eigenvalue weighted by atomic mass is 28.4. The van der Waals surface area contributed by atoms with Crippen LogP contribution in [0.2, 0.25) is 38.3 Å². The van der Waals surface area contributed by atoms with Crippen molar-refractivity contribution < 1.29 is 8.85 Å². The fourth-order valence-electron chi connectivity index (χ4n) is 9.10. The molecule has 8 atom stereocenters. The molecule has 0 saturated heterocycles. The second kappa shape index (κ2) is 9.37. The minimum absolute atomic E-state index is 0.399. The zero-order chi connectivity index (χ0) is 24.1. The lowest BCUT2D eigenvalue weighted by Crippen LogP contribution is -2.55. The van der Waals surface area contributed by atoms with Crippen LogP contribution in [-0.2, 0) is 8.85 Å². The number of hydrogen-bond acceptors (Lipinski definition) is 2. The normalized spacial score (nSPS) is 43.3. The average molecular weight is 489 g/mol. The van der Waals surface area contributed by atoms with Gasteiger partial charge in [0.25, 0.3) is 0 Å². The van der Waals surface area contributed by atoms with E-state index < -0.39 is 16.6 Å². The Hall–Kier alpha value is -0.166. The molecule has 2 nitrogen and oxygen atoms in total. The zero-order valence-corrected chi connectivity index (χ0v) is 24.6.